The predicted octanol–water partition coefficient (Wildman–Crippen LogP) is 3.98. The molecule has 144 valence electrons. The summed E-state index contributed by atoms with van der Waals surface area (Å²) >= 11 is 11.7. The quantitative estimate of drug-likeness (QED) is 0.742. The second kappa shape index (κ2) is 9.53. The molecule has 0 spiro atoms. The molecule has 0 atom stereocenters. The molecule has 9 heteroatoms. The van der Waals surface area contributed by atoms with Crippen LogP contribution in [0.1, 0.15) is 15.9 Å². The van der Waals surface area contributed by atoms with Crippen molar-refractivity contribution >= 4 is 35.0 Å². The van der Waals surface area contributed by atoms with Gasteiger partial charge in [-0.15, -0.1) is 0 Å². The highest BCUT2D eigenvalue weighted by Gasteiger charge is 2.14. The smallest absolute Gasteiger partial charge is 0.387 e. The Morgan fingerprint density at radius 3 is 2.41 bits per heavy atom. The normalized spacial score (nSPS) is 10.6. The van der Waals surface area contributed by atoms with Crippen LogP contribution in [-0.4, -0.2) is 36.9 Å². The van der Waals surface area contributed by atoms with Crippen molar-refractivity contribution in [3.63, 3.8) is 0 Å². The van der Waals surface area contributed by atoms with Crippen LogP contribution < -0.4 is 10.1 Å². The summed E-state index contributed by atoms with van der Waals surface area (Å²) in [7, 11) is 1.56. The Morgan fingerprint density at radius 1 is 1.15 bits per heavy atom. The van der Waals surface area contributed by atoms with Gasteiger partial charge in [-0.05, 0) is 35.9 Å². The van der Waals surface area contributed by atoms with Crippen molar-refractivity contribution in [3.8, 4) is 5.75 Å². The van der Waals surface area contributed by atoms with Gasteiger partial charge >= 0.3 is 6.61 Å². The van der Waals surface area contributed by atoms with Crippen molar-refractivity contribution in [2.24, 2.45) is 0 Å². The maximum Gasteiger partial charge on any atom is 0.387 e. The highest BCUT2D eigenvalue weighted by molar-refractivity contribution is 6.36. The number of nitrogens with zero attached hydrogens (tertiary/aromatic N) is 1. The Balaban J connectivity index is 1.87. The van der Waals surface area contributed by atoms with Crippen LogP contribution in [0.4, 0.5) is 8.78 Å². The molecule has 0 saturated carbocycles. The number of nitrogens with one attached hydrogen (secondary N) is 1. The van der Waals surface area contributed by atoms with E-state index >= 15 is 0 Å². The number of carbonyl (C=O) groups is 2. The summed E-state index contributed by atoms with van der Waals surface area (Å²) in [5.41, 5.74) is 0.936. The zero-order valence-electron chi connectivity index (χ0n) is 14.2. The Bertz CT molecular complexity index is 817. The van der Waals surface area contributed by atoms with Gasteiger partial charge in [-0.2, -0.15) is 8.78 Å². The van der Waals surface area contributed by atoms with Crippen molar-refractivity contribution in [1.29, 1.82) is 0 Å². The first-order chi connectivity index (χ1) is 12.8. The minimum absolute atomic E-state index is 0.0369. The van der Waals surface area contributed by atoms with Crippen molar-refractivity contribution in [3.05, 3.63) is 63.6 Å². The molecule has 1 N–H and O–H groups in total. The summed E-state index contributed by atoms with van der Waals surface area (Å²) in [6, 6.07) is 10.4. The largest absolute Gasteiger partial charge is 0.435 e. The van der Waals surface area contributed by atoms with Crippen LogP contribution in [0.15, 0.2) is 42.5 Å². The Kier molecular flexibility index (Phi) is 7.38. The molecule has 0 aromatic heterocycles. The van der Waals surface area contributed by atoms with Crippen LogP contribution in [0.5, 0.6) is 5.75 Å². The highest BCUT2D eigenvalue weighted by atomic mass is 35.5. The number of hydrogen-bond acceptors (Lipinski definition) is 3. The zero-order valence-corrected chi connectivity index (χ0v) is 15.7. The molecule has 2 aromatic carbocycles. The predicted molar refractivity (Wildman–Crippen MR) is 98.3 cm³/mol. The molecule has 0 aliphatic heterocycles. The van der Waals surface area contributed by atoms with Gasteiger partial charge in [-0.25, -0.2) is 0 Å². The van der Waals surface area contributed by atoms with Crippen LogP contribution in [0.2, 0.25) is 10.0 Å². The molecule has 0 unspecified atom stereocenters. The molecule has 0 bridgehead atoms. The number of benzene rings is 2. The number of alkyl halides is 2. The molecule has 0 radical (unpaired) electrons. The van der Waals surface area contributed by atoms with Gasteiger partial charge in [0.1, 0.15) is 5.75 Å². The zero-order chi connectivity index (χ0) is 20.0. The molecule has 0 heterocycles. The van der Waals surface area contributed by atoms with Gasteiger partial charge in [0.05, 0.1) is 17.1 Å². The van der Waals surface area contributed by atoms with E-state index in [4.69, 9.17) is 23.2 Å². The van der Waals surface area contributed by atoms with Crippen LogP contribution in [0.25, 0.3) is 0 Å². The monoisotopic (exact) mass is 416 g/mol. The van der Waals surface area contributed by atoms with Crippen LogP contribution >= 0.6 is 23.2 Å². The van der Waals surface area contributed by atoms with Crippen LogP contribution in [0.3, 0.4) is 0 Å². The van der Waals surface area contributed by atoms with Gasteiger partial charge in [0, 0.05) is 18.6 Å². The van der Waals surface area contributed by atoms with Gasteiger partial charge in [0.15, 0.2) is 0 Å². The number of likely N-dealkylation sites (N-methyl/N-ethyl adjacent to an activating group) is 1. The molecule has 27 heavy (non-hydrogen) atoms. The van der Waals surface area contributed by atoms with Crippen LogP contribution in [-0.2, 0) is 11.3 Å². The first-order valence-electron chi connectivity index (χ1n) is 7.77. The van der Waals surface area contributed by atoms with E-state index in [0.717, 1.165) is 5.56 Å². The van der Waals surface area contributed by atoms with Crippen molar-refractivity contribution in [2.75, 3.05) is 13.6 Å². The fourth-order valence-electron chi connectivity index (χ4n) is 2.20. The van der Waals surface area contributed by atoms with E-state index in [2.05, 4.69) is 10.1 Å². The van der Waals surface area contributed by atoms with Gasteiger partial charge in [-0.1, -0.05) is 35.3 Å². The number of carbonyl (C=O) groups excluding carboxylic acids is 2. The summed E-state index contributed by atoms with van der Waals surface area (Å²) in [5.74, 6) is -0.789. The lowest BCUT2D eigenvalue weighted by atomic mass is 10.2. The van der Waals surface area contributed by atoms with Gasteiger partial charge in [0.2, 0.25) is 5.91 Å². The van der Waals surface area contributed by atoms with E-state index in [1.807, 2.05) is 0 Å². The molecule has 0 aliphatic carbocycles. The summed E-state index contributed by atoms with van der Waals surface area (Å²) in [6.45, 7) is -2.87. The Hall–Kier alpha value is -2.38. The maximum atomic E-state index is 12.2. The average molecular weight is 417 g/mol. The van der Waals surface area contributed by atoms with Gasteiger partial charge in [-0.3, -0.25) is 9.59 Å². The first kappa shape index (κ1) is 20.9. The van der Waals surface area contributed by atoms with E-state index in [9.17, 15) is 18.4 Å². The molecule has 2 amide bonds. The number of hydrogen-bond donors (Lipinski definition) is 1. The average Bonchev–Trinajstić information content (AvgIpc) is 2.60. The van der Waals surface area contributed by atoms with E-state index in [1.165, 1.54) is 35.2 Å². The third-order valence-corrected chi connectivity index (χ3v) is 4.12. The van der Waals surface area contributed by atoms with E-state index < -0.39 is 12.5 Å². The molecule has 2 aromatic rings. The highest BCUT2D eigenvalue weighted by Crippen LogP contribution is 2.20. The summed E-state index contributed by atoms with van der Waals surface area (Å²) < 4.78 is 28.5. The lowest BCUT2D eigenvalue weighted by Gasteiger charge is -2.18. The van der Waals surface area contributed by atoms with Crippen LogP contribution in [0, 0.1) is 0 Å². The standard InChI is InChI=1S/C18H16Cl2F2N2O3/c1-24(10-11-2-5-13(6-3-11)27-18(21)22)16(25)9-23-17(26)14-7-4-12(19)8-15(14)20/h2-8,18H,9-10H2,1H3,(H,23,26). The van der Waals surface area contributed by atoms with Gasteiger partial charge < -0.3 is 15.0 Å². The summed E-state index contributed by atoms with van der Waals surface area (Å²) in [5, 5.41) is 3.08. The molecular formula is C18H16Cl2F2N2O3. The molecule has 0 aliphatic rings. The van der Waals surface area contributed by atoms with Gasteiger partial charge in [0.25, 0.3) is 5.91 Å². The fraction of sp³-hybridized carbons (Fsp3) is 0.222. The second-order valence-electron chi connectivity index (χ2n) is 5.58. The molecule has 0 saturated heterocycles. The third-order valence-electron chi connectivity index (χ3n) is 3.57. The van der Waals surface area contributed by atoms with E-state index in [-0.39, 0.29) is 35.3 Å². The third kappa shape index (κ3) is 6.37. The maximum absolute atomic E-state index is 12.2. The molecule has 5 nitrogen and oxygen atoms in total. The minimum atomic E-state index is -2.89. The van der Waals surface area contributed by atoms with E-state index in [1.54, 1.807) is 19.2 Å². The summed E-state index contributed by atoms with van der Waals surface area (Å²) in [4.78, 5) is 25.7. The number of halogens is 4. The molecule has 2 rings (SSSR count). The summed E-state index contributed by atoms with van der Waals surface area (Å²) in [6.07, 6.45) is 0. The number of amides is 2. The lowest BCUT2D eigenvalue weighted by molar-refractivity contribution is -0.129. The minimum Gasteiger partial charge on any atom is -0.435 e. The fourth-order valence-corrected chi connectivity index (χ4v) is 2.69. The Morgan fingerprint density at radius 2 is 1.81 bits per heavy atom. The van der Waals surface area contributed by atoms with E-state index in [0.29, 0.717) is 5.02 Å². The SMILES string of the molecule is CN(Cc1ccc(OC(F)F)cc1)C(=O)CNC(=O)c1ccc(Cl)cc1Cl. The Labute approximate surface area is 164 Å². The second-order valence-corrected chi connectivity index (χ2v) is 6.42. The molecular weight excluding hydrogens is 401 g/mol. The lowest BCUT2D eigenvalue weighted by Crippen LogP contribution is -2.37. The van der Waals surface area contributed by atoms with Crippen molar-refractivity contribution in [1.82, 2.24) is 10.2 Å². The molecule has 0 fully saturated rings. The number of ether oxygens (including phenoxy) is 1. The van der Waals surface area contributed by atoms with Crippen molar-refractivity contribution < 1.29 is 23.1 Å². The van der Waals surface area contributed by atoms with Crippen molar-refractivity contribution in [2.45, 2.75) is 13.2 Å². The first-order valence-corrected chi connectivity index (χ1v) is 8.53. The topological polar surface area (TPSA) is 58.6 Å². The number of rotatable bonds is 7.